The highest BCUT2D eigenvalue weighted by Crippen LogP contribution is 2.30. The Bertz CT molecular complexity index is 494. The Kier molecular flexibility index (Phi) is 4.83. The Morgan fingerprint density at radius 2 is 2.05 bits per heavy atom. The second-order valence-electron chi connectivity index (χ2n) is 5.71. The van der Waals surface area contributed by atoms with Crippen molar-refractivity contribution in [2.24, 2.45) is 0 Å². The molecule has 0 atom stereocenters. The number of anilines is 1. The van der Waals surface area contributed by atoms with Crippen LogP contribution in [0, 0.1) is 0 Å². The highest BCUT2D eigenvalue weighted by molar-refractivity contribution is 5.93. The third-order valence-corrected chi connectivity index (χ3v) is 4.06. The molecule has 1 fully saturated rings. The van der Waals surface area contributed by atoms with Gasteiger partial charge in [-0.2, -0.15) is 0 Å². The van der Waals surface area contributed by atoms with E-state index in [1.54, 1.807) is 11.1 Å². The molecule has 1 saturated heterocycles. The lowest BCUT2D eigenvalue weighted by Crippen LogP contribution is -2.62. The van der Waals surface area contributed by atoms with E-state index < -0.39 is 5.60 Å². The van der Waals surface area contributed by atoms with Crippen molar-refractivity contribution in [2.45, 2.75) is 39.2 Å². The second kappa shape index (κ2) is 6.43. The van der Waals surface area contributed by atoms with Crippen LogP contribution in [0.3, 0.4) is 0 Å². The summed E-state index contributed by atoms with van der Waals surface area (Å²) >= 11 is 0. The van der Waals surface area contributed by atoms with E-state index in [2.05, 4.69) is 16.8 Å². The number of rotatable bonds is 6. The maximum Gasteiger partial charge on any atom is 0.272 e. The third-order valence-electron chi connectivity index (χ3n) is 4.06. The molecule has 5 nitrogen and oxygen atoms in total. The van der Waals surface area contributed by atoms with E-state index in [4.69, 9.17) is 0 Å². The number of pyridine rings is 1. The van der Waals surface area contributed by atoms with Gasteiger partial charge in [-0.05, 0) is 32.4 Å². The lowest BCUT2D eigenvalue weighted by Gasteiger charge is -2.48. The summed E-state index contributed by atoms with van der Waals surface area (Å²) in [5.74, 6) is -0.0359. The summed E-state index contributed by atoms with van der Waals surface area (Å²) in [7, 11) is 0. The summed E-state index contributed by atoms with van der Waals surface area (Å²) in [5, 5.41) is 10.3. The molecule has 21 heavy (non-hydrogen) atoms. The highest BCUT2D eigenvalue weighted by Gasteiger charge is 2.40. The smallest absolute Gasteiger partial charge is 0.272 e. The maximum atomic E-state index is 12.3. The van der Waals surface area contributed by atoms with Gasteiger partial charge in [0.05, 0.1) is 5.60 Å². The number of carbonyl (C=O) groups excluding carboxylic acids is 1. The number of aliphatic hydroxyl groups is 1. The molecule has 1 aliphatic rings. The van der Waals surface area contributed by atoms with Crippen LogP contribution in [0.15, 0.2) is 18.3 Å². The molecule has 0 aromatic carbocycles. The molecule has 0 unspecified atom stereocenters. The molecule has 1 aromatic rings. The largest absolute Gasteiger partial charge is 0.386 e. The molecule has 1 N–H and O–H groups in total. The fourth-order valence-electron chi connectivity index (χ4n) is 2.88. The van der Waals surface area contributed by atoms with Gasteiger partial charge in [-0.1, -0.05) is 13.3 Å². The first-order valence-corrected chi connectivity index (χ1v) is 7.75. The number of hydrogen-bond donors (Lipinski definition) is 1. The molecule has 5 heteroatoms. The van der Waals surface area contributed by atoms with Gasteiger partial charge in [0.2, 0.25) is 0 Å². The van der Waals surface area contributed by atoms with Crippen LogP contribution >= 0.6 is 0 Å². The van der Waals surface area contributed by atoms with Crippen LogP contribution in [0.4, 0.5) is 5.69 Å². The fourth-order valence-corrected chi connectivity index (χ4v) is 2.88. The van der Waals surface area contributed by atoms with E-state index in [1.807, 2.05) is 26.0 Å². The molecule has 1 aromatic heterocycles. The average Bonchev–Trinajstić information content (AvgIpc) is 2.46. The summed E-state index contributed by atoms with van der Waals surface area (Å²) in [6.07, 6.45) is 3.47. The van der Waals surface area contributed by atoms with Gasteiger partial charge in [-0.3, -0.25) is 9.78 Å². The summed E-state index contributed by atoms with van der Waals surface area (Å²) in [5.41, 5.74) is 0.865. The topological polar surface area (TPSA) is 56.7 Å². The Morgan fingerprint density at radius 1 is 1.38 bits per heavy atom. The normalized spacial score (nSPS) is 16.5. The standard InChI is InChI=1S/C16H25N3O2/c1-4-8-16(21)11-19(12-16)13-7-9-17-14(10-13)15(20)18(5-2)6-3/h7,9-10,21H,4-6,8,11-12H2,1-3H3. The quantitative estimate of drug-likeness (QED) is 0.870. The molecule has 0 aliphatic carbocycles. The fraction of sp³-hybridized carbons (Fsp3) is 0.625. The zero-order valence-corrected chi connectivity index (χ0v) is 13.2. The first-order valence-electron chi connectivity index (χ1n) is 7.75. The van der Waals surface area contributed by atoms with Crippen LogP contribution in [0.25, 0.3) is 0 Å². The number of nitrogens with zero attached hydrogens (tertiary/aromatic N) is 3. The van der Waals surface area contributed by atoms with Crippen LogP contribution < -0.4 is 4.90 Å². The first kappa shape index (κ1) is 15.8. The van der Waals surface area contributed by atoms with Gasteiger partial charge >= 0.3 is 0 Å². The Hall–Kier alpha value is -1.62. The number of amides is 1. The van der Waals surface area contributed by atoms with Crippen LogP contribution in [0.2, 0.25) is 0 Å². The molecule has 0 spiro atoms. The average molecular weight is 291 g/mol. The van der Waals surface area contributed by atoms with Gasteiger partial charge in [0.25, 0.3) is 5.91 Å². The van der Waals surface area contributed by atoms with Crippen molar-refractivity contribution in [1.82, 2.24) is 9.88 Å². The van der Waals surface area contributed by atoms with Gasteiger partial charge in [-0.25, -0.2) is 0 Å². The van der Waals surface area contributed by atoms with Crippen molar-refractivity contribution in [3.63, 3.8) is 0 Å². The van der Waals surface area contributed by atoms with Crippen molar-refractivity contribution in [3.8, 4) is 0 Å². The van der Waals surface area contributed by atoms with Gasteiger partial charge in [0.15, 0.2) is 0 Å². The minimum absolute atomic E-state index is 0.0359. The van der Waals surface area contributed by atoms with Crippen LogP contribution in [0.5, 0.6) is 0 Å². The van der Waals surface area contributed by atoms with E-state index in [0.717, 1.165) is 18.5 Å². The van der Waals surface area contributed by atoms with Crippen LogP contribution in [0.1, 0.15) is 44.1 Å². The number of β-amino-alcohol motifs (C(OH)–C–C–N with tert-alkyl or cyclic N) is 1. The molecule has 1 amide bonds. The van der Waals surface area contributed by atoms with E-state index in [0.29, 0.717) is 31.9 Å². The van der Waals surface area contributed by atoms with Crippen LogP contribution in [-0.2, 0) is 0 Å². The van der Waals surface area contributed by atoms with Crippen molar-refractivity contribution in [1.29, 1.82) is 0 Å². The summed E-state index contributed by atoms with van der Waals surface area (Å²) in [4.78, 5) is 20.4. The molecule has 2 rings (SSSR count). The summed E-state index contributed by atoms with van der Waals surface area (Å²) in [6, 6.07) is 3.72. The van der Waals surface area contributed by atoms with Gasteiger partial charge in [0.1, 0.15) is 5.69 Å². The summed E-state index contributed by atoms with van der Waals surface area (Å²) < 4.78 is 0. The zero-order chi connectivity index (χ0) is 15.5. The van der Waals surface area contributed by atoms with Crippen molar-refractivity contribution in [3.05, 3.63) is 24.0 Å². The van der Waals surface area contributed by atoms with E-state index >= 15 is 0 Å². The lowest BCUT2D eigenvalue weighted by atomic mass is 9.89. The minimum atomic E-state index is -0.568. The first-order chi connectivity index (χ1) is 10.0. The number of carbonyl (C=O) groups is 1. The Morgan fingerprint density at radius 3 is 2.62 bits per heavy atom. The Balaban J connectivity index is 2.08. The third kappa shape index (κ3) is 3.35. The highest BCUT2D eigenvalue weighted by atomic mass is 16.3. The molecule has 2 heterocycles. The van der Waals surface area contributed by atoms with E-state index in [-0.39, 0.29) is 5.91 Å². The molecule has 1 aliphatic heterocycles. The zero-order valence-electron chi connectivity index (χ0n) is 13.2. The van der Waals surface area contributed by atoms with Gasteiger partial charge < -0.3 is 14.9 Å². The predicted molar refractivity (Wildman–Crippen MR) is 83.6 cm³/mol. The lowest BCUT2D eigenvalue weighted by molar-refractivity contribution is 0.00339. The number of hydrogen-bond acceptors (Lipinski definition) is 4. The van der Waals surface area contributed by atoms with Crippen molar-refractivity contribution in [2.75, 3.05) is 31.1 Å². The van der Waals surface area contributed by atoms with Crippen molar-refractivity contribution >= 4 is 11.6 Å². The monoisotopic (exact) mass is 291 g/mol. The van der Waals surface area contributed by atoms with Crippen molar-refractivity contribution < 1.29 is 9.90 Å². The maximum absolute atomic E-state index is 12.3. The molecule has 0 saturated carbocycles. The van der Waals surface area contributed by atoms with Crippen LogP contribution in [-0.4, -0.2) is 52.7 Å². The van der Waals surface area contributed by atoms with E-state index in [1.165, 1.54) is 0 Å². The molecule has 0 radical (unpaired) electrons. The summed E-state index contributed by atoms with van der Waals surface area (Å²) in [6.45, 7) is 8.63. The van der Waals surface area contributed by atoms with E-state index in [9.17, 15) is 9.90 Å². The van der Waals surface area contributed by atoms with Gasteiger partial charge in [-0.15, -0.1) is 0 Å². The predicted octanol–water partition coefficient (Wildman–Crippen LogP) is 1.91. The molecule has 116 valence electrons. The molecular weight excluding hydrogens is 266 g/mol. The molecular formula is C16H25N3O2. The minimum Gasteiger partial charge on any atom is -0.386 e. The number of aromatic nitrogens is 1. The SMILES string of the molecule is CCCC1(O)CN(c2ccnc(C(=O)N(CC)CC)c2)C1. The molecule has 0 bridgehead atoms. The Labute approximate surface area is 126 Å². The van der Waals surface area contributed by atoms with Gasteiger partial charge in [0, 0.05) is 38.1 Å². The second-order valence-corrected chi connectivity index (χ2v) is 5.71.